The molecular formula is H2CrO7S. The van der Waals surface area contributed by atoms with Gasteiger partial charge in [0, 0.05) is 0 Å². The maximum absolute atomic E-state index is 8.74. The average Bonchev–Trinajstić information content (AvgIpc) is 0.722. The molecule has 9 heavy (non-hydrogen) atoms. The molecule has 7 nitrogen and oxygen atoms in total. The molecular weight excluding hydrogens is 196 g/mol. The van der Waals surface area contributed by atoms with E-state index in [1.165, 1.54) is 0 Å². The van der Waals surface area contributed by atoms with Crippen LogP contribution in [0.2, 0.25) is 0 Å². The third kappa shape index (κ3) is 4100. The van der Waals surface area contributed by atoms with E-state index in [0.717, 1.165) is 0 Å². The first-order valence-corrected chi connectivity index (χ1v) is 2.10. The van der Waals surface area contributed by atoms with E-state index in [9.17, 15) is 0 Å². The summed E-state index contributed by atoms with van der Waals surface area (Å²) in [6.07, 6.45) is 0. The molecule has 0 aromatic heterocycles. The minimum atomic E-state index is -4.67. The normalized spacial score (nSPS) is 6.44. The van der Waals surface area contributed by atoms with Crippen LogP contribution in [-0.4, -0.2) is 17.5 Å². The van der Waals surface area contributed by atoms with Crippen molar-refractivity contribution in [3.8, 4) is 0 Å². The Labute approximate surface area is 62.3 Å². The summed E-state index contributed by atoms with van der Waals surface area (Å²) in [6, 6.07) is 0. The van der Waals surface area contributed by atoms with Crippen LogP contribution in [0.25, 0.3) is 0 Å². The molecule has 0 aromatic carbocycles. The van der Waals surface area contributed by atoms with Crippen molar-refractivity contribution in [3.63, 3.8) is 0 Å². The molecule has 0 rings (SSSR count). The van der Waals surface area contributed by atoms with Crippen LogP contribution in [0.15, 0.2) is 0 Å². The summed E-state index contributed by atoms with van der Waals surface area (Å²) in [5.41, 5.74) is 0. The second-order valence-corrected chi connectivity index (χ2v) is 1.34. The number of hydrogen-bond acceptors (Lipinski definition) is 2. The van der Waals surface area contributed by atoms with Crippen molar-refractivity contribution in [3.05, 3.63) is 0 Å². The molecule has 0 heterocycles. The number of hydrogen-bond donors (Lipinski definition) is 2. The molecule has 0 fully saturated rings. The monoisotopic (exact) mass is 198 g/mol. The van der Waals surface area contributed by atoms with Gasteiger partial charge in [0.1, 0.15) is 0 Å². The van der Waals surface area contributed by atoms with Gasteiger partial charge in [0.25, 0.3) is 0 Å². The molecule has 0 aliphatic carbocycles. The van der Waals surface area contributed by atoms with Crippen LogP contribution in [-0.2, 0) is 44.2 Å². The molecule has 2 N–H and O–H groups in total. The van der Waals surface area contributed by atoms with E-state index in [1.54, 1.807) is 0 Å². The molecule has 0 radical (unpaired) electrons. The minimum Gasteiger partial charge on any atom is -2.00 e. The molecule has 0 spiro atoms. The van der Waals surface area contributed by atoms with Crippen molar-refractivity contribution in [1.29, 1.82) is 0 Å². The Morgan fingerprint density at radius 1 is 0.889 bits per heavy atom. The Morgan fingerprint density at radius 3 is 0.889 bits per heavy atom. The van der Waals surface area contributed by atoms with Gasteiger partial charge in [0.05, 0.1) is 0 Å². The molecule has 0 aliphatic heterocycles. The Bertz CT molecular complexity index is 92.1. The van der Waals surface area contributed by atoms with Crippen LogP contribution in [0, 0.1) is 0 Å². The second kappa shape index (κ2) is 11.1. The first-order valence-electron chi connectivity index (χ1n) is 0.698. The third-order valence-corrected chi connectivity index (χ3v) is 0. The smallest absolute Gasteiger partial charge is 2.00 e. The summed E-state index contributed by atoms with van der Waals surface area (Å²) >= 11 is 0. The van der Waals surface area contributed by atoms with Gasteiger partial charge in [-0.25, -0.2) is 0 Å². The molecule has 0 unspecified atom stereocenters. The summed E-state index contributed by atoms with van der Waals surface area (Å²) in [4.78, 5) is 0. The van der Waals surface area contributed by atoms with Crippen molar-refractivity contribution >= 4 is 10.4 Å². The van der Waals surface area contributed by atoms with Gasteiger partial charge in [-0.3, -0.25) is 9.11 Å². The van der Waals surface area contributed by atoms with Gasteiger partial charge in [-0.15, -0.1) is 0 Å². The molecule has 0 amide bonds. The SMILES string of the molecule is O=S(=O)(O)O.[Cr+6].[O-2].[O-2].[O-2]. The summed E-state index contributed by atoms with van der Waals surface area (Å²) in [7, 11) is -4.67. The summed E-state index contributed by atoms with van der Waals surface area (Å²) < 4.78 is 31.6. The number of rotatable bonds is 0. The molecule has 56 valence electrons. The standard InChI is InChI=1S/Cr.H2O4S.3O/c;1-5(2,3)4;;;/h;(H2,1,2,3,4);;;/q+6;;3*-2. The summed E-state index contributed by atoms with van der Waals surface area (Å²) in [6.45, 7) is 0. The van der Waals surface area contributed by atoms with Crippen molar-refractivity contribution in [1.82, 2.24) is 0 Å². The van der Waals surface area contributed by atoms with E-state index in [0.29, 0.717) is 0 Å². The predicted molar refractivity (Wildman–Crippen MR) is 16.2 cm³/mol. The zero-order valence-electron chi connectivity index (χ0n) is 3.75. The van der Waals surface area contributed by atoms with E-state index in [2.05, 4.69) is 0 Å². The maximum Gasteiger partial charge on any atom is 6.00 e. The predicted octanol–water partition coefficient (Wildman–Crippen LogP) is -1.01. The van der Waals surface area contributed by atoms with Crippen LogP contribution in [0.5, 0.6) is 0 Å². The fraction of sp³-hybridized carbons (Fsp3) is 0. The Morgan fingerprint density at radius 2 is 0.889 bits per heavy atom. The van der Waals surface area contributed by atoms with Gasteiger partial charge < -0.3 is 16.4 Å². The van der Waals surface area contributed by atoms with Gasteiger partial charge in [-0.05, 0) is 0 Å². The second-order valence-electron chi connectivity index (χ2n) is 0.448. The van der Waals surface area contributed by atoms with Gasteiger partial charge in [0.15, 0.2) is 0 Å². The van der Waals surface area contributed by atoms with E-state index in [1.807, 2.05) is 0 Å². The first-order chi connectivity index (χ1) is 2.00. The zero-order valence-corrected chi connectivity index (χ0v) is 5.84. The molecule has 0 aromatic rings. The molecule has 9 heteroatoms. The van der Waals surface area contributed by atoms with Crippen molar-refractivity contribution < 1.29 is 51.3 Å². The van der Waals surface area contributed by atoms with Crippen molar-refractivity contribution in [2.45, 2.75) is 0 Å². The van der Waals surface area contributed by atoms with Crippen LogP contribution >= 0.6 is 0 Å². The van der Waals surface area contributed by atoms with Crippen LogP contribution in [0.1, 0.15) is 0 Å². The molecule has 0 saturated heterocycles. The summed E-state index contributed by atoms with van der Waals surface area (Å²) in [5, 5.41) is 0. The fourth-order valence-corrected chi connectivity index (χ4v) is 0. The first kappa shape index (κ1) is 34.7. The average molecular weight is 198 g/mol. The Hall–Kier alpha value is 0.282. The molecule has 0 saturated carbocycles. The van der Waals surface area contributed by atoms with E-state index in [-0.39, 0.29) is 33.8 Å². The zero-order chi connectivity index (χ0) is 4.50. The quantitative estimate of drug-likeness (QED) is 0.477. The third-order valence-electron chi connectivity index (χ3n) is 0. The van der Waals surface area contributed by atoms with Gasteiger partial charge in [-0.2, -0.15) is 8.42 Å². The van der Waals surface area contributed by atoms with Crippen LogP contribution in [0.4, 0.5) is 0 Å². The van der Waals surface area contributed by atoms with E-state index in [4.69, 9.17) is 17.5 Å². The molecule has 0 atom stereocenters. The van der Waals surface area contributed by atoms with Crippen LogP contribution in [0.3, 0.4) is 0 Å². The molecule has 0 aliphatic rings. The van der Waals surface area contributed by atoms with Crippen molar-refractivity contribution in [2.24, 2.45) is 0 Å². The van der Waals surface area contributed by atoms with Crippen LogP contribution < -0.4 is 0 Å². The van der Waals surface area contributed by atoms with E-state index < -0.39 is 10.4 Å². The van der Waals surface area contributed by atoms with Gasteiger partial charge in [-0.1, -0.05) is 0 Å². The van der Waals surface area contributed by atoms with Gasteiger partial charge in [0.2, 0.25) is 0 Å². The van der Waals surface area contributed by atoms with Crippen molar-refractivity contribution in [2.75, 3.05) is 0 Å². The summed E-state index contributed by atoms with van der Waals surface area (Å²) in [5.74, 6) is 0. The minimum absolute atomic E-state index is 0. The van der Waals surface area contributed by atoms with E-state index >= 15 is 0 Å². The Kier molecular flexibility index (Phi) is 42.9. The maximum atomic E-state index is 8.74. The molecule has 0 bridgehead atoms. The largest absolute Gasteiger partial charge is 6.00 e. The van der Waals surface area contributed by atoms with Gasteiger partial charge >= 0.3 is 27.8 Å². The fourth-order valence-electron chi connectivity index (χ4n) is 0. The Balaban J connectivity index is -0.0000000133. The topological polar surface area (TPSA) is 160 Å².